The van der Waals surface area contributed by atoms with E-state index in [4.69, 9.17) is 9.84 Å². The van der Waals surface area contributed by atoms with Gasteiger partial charge in [0.1, 0.15) is 6.61 Å². The largest absolute Gasteiger partial charge is 0.451 e. The second-order valence-corrected chi connectivity index (χ2v) is 3.85. The fraction of sp³-hybridized carbons (Fsp3) is 0.133. The molecular formula is C15H14O3. The minimum Gasteiger partial charge on any atom is -0.451 e. The zero-order valence-corrected chi connectivity index (χ0v) is 9.82. The van der Waals surface area contributed by atoms with Crippen LogP contribution in [0, 0.1) is 0 Å². The second-order valence-electron chi connectivity index (χ2n) is 3.85. The van der Waals surface area contributed by atoms with Crippen LogP contribution in [0.3, 0.4) is 0 Å². The van der Waals surface area contributed by atoms with Crippen molar-refractivity contribution < 1.29 is 14.6 Å². The van der Waals surface area contributed by atoms with Crippen molar-refractivity contribution in [2.75, 3.05) is 6.61 Å². The van der Waals surface area contributed by atoms with Gasteiger partial charge in [0.15, 0.2) is 6.10 Å². The average molecular weight is 242 g/mol. The number of carbonyl (C=O) groups excluding carboxylic acids is 1. The molecule has 0 aliphatic carbocycles. The lowest BCUT2D eigenvalue weighted by atomic mass is 10.0. The van der Waals surface area contributed by atoms with Gasteiger partial charge in [-0.3, -0.25) is 0 Å². The summed E-state index contributed by atoms with van der Waals surface area (Å²) in [6.07, 6.45) is -0.480. The van der Waals surface area contributed by atoms with Crippen LogP contribution < -0.4 is 0 Å². The van der Waals surface area contributed by atoms with Crippen molar-refractivity contribution in [1.29, 1.82) is 0 Å². The first-order valence-electron chi connectivity index (χ1n) is 5.71. The standard InChI is InChI=1S/C15H14O3/c16-11-14(17)18-15(12-7-3-1-4-8-12)13-9-5-2-6-10-13/h1-10,15-16H,11H2. The molecule has 0 heterocycles. The number of ether oxygens (including phenoxy) is 1. The highest BCUT2D eigenvalue weighted by Crippen LogP contribution is 2.25. The van der Waals surface area contributed by atoms with Crippen molar-refractivity contribution in [1.82, 2.24) is 0 Å². The molecule has 0 unspecified atom stereocenters. The fourth-order valence-electron chi connectivity index (χ4n) is 1.75. The number of aliphatic hydroxyl groups excluding tert-OH is 1. The van der Waals surface area contributed by atoms with Gasteiger partial charge >= 0.3 is 5.97 Å². The molecule has 0 spiro atoms. The molecule has 3 nitrogen and oxygen atoms in total. The van der Waals surface area contributed by atoms with Crippen LogP contribution in [0.25, 0.3) is 0 Å². The van der Waals surface area contributed by atoms with Gasteiger partial charge in [0.05, 0.1) is 0 Å². The monoisotopic (exact) mass is 242 g/mol. The molecular weight excluding hydrogens is 228 g/mol. The van der Waals surface area contributed by atoms with E-state index < -0.39 is 18.7 Å². The molecule has 1 N–H and O–H groups in total. The lowest BCUT2D eigenvalue weighted by Crippen LogP contribution is -2.15. The Bertz CT molecular complexity index is 454. The Balaban J connectivity index is 2.32. The third kappa shape index (κ3) is 2.96. The van der Waals surface area contributed by atoms with Crippen molar-refractivity contribution in [3.63, 3.8) is 0 Å². The van der Waals surface area contributed by atoms with Crippen LogP contribution in [0.2, 0.25) is 0 Å². The van der Waals surface area contributed by atoms with Gasteiger partial charge in [0.25, 0.3) is 0 Å². The first-order valence-corrected chi connectivity index (χ1v) is 5.71. The fourth-order valence-corrected chi connectivity index (χ4v) is 1.75. The number of carbonyl (C=O) groups is 1. The van der Waals surface area contributed by atoms with Gasteiger partial charge in [0, 0.05) is 0 Å². The van der Waals surface area contributed by atoms with Crippen LogP contribution in [0.4, 0.5) is 0 Å². The van der Waals surface area contributed by atoms with Gasteiger partial charge in [-0.1, -0.05) is 60.7 Å². The topological polar surface area (TPSA) is 46.5 Å². The Labute approximate surface area is 106 Å². The highest BCUT2D eigenvalue weighted by atomic mass is 16.6. The van der Waals surface area contributed by atoms with Crippen LogP contribution in [0.15, 0.2) is 60.7 Å². The Morgan fingerprint density at radius 3 is 1.78 bits per heavy atom. The van der Waals surface area contributed by atoms with E-state index in [2.05, 4.69) is 0 Å². The van der Waals surface area contributed by atoms with Crippen LogP contribution in [-0.2, 0) is 9.53 Å². The van der Waals surface area contributed by atoms with Gasteiger partial charge < -0.3 is 9.84 Å². The van der Waals surface area contributed by atoms with E-state index >= 15 is 0 Å². The highest BCUT2D eigenvalue weighted by Gasteiger charge is 2.17. The second kappa shape index (κ2) is 5.98. The Morgan fingerprint density at radius 2 is 1.39 bits per heavy atom. The van der Waals surface area contributed by atoms with Crippen molar-refractivity contribution in [3.8, 4) is 0 Å². The van der Waals surface area contributed by atoms with Crippen molar-refractivity contribution in [2.45, 2.75) is 6.10 Å². The summed E-state index contributed by atoms with van der Waals surface area (Å²) in [5.41, 5.74) is 1.76. The lowest BCUT2D eigenvalue weighted by molar-refractivity contribution is -0.150. The van der Waals surface area contributed by atoms with Gasteiger partial charge in [0.2, 0.25) is 0 Å². The third-order valence-corrected chi connectivity index (χ3v) is 2.58. The Hall–Kier alpha value is -2.13. The van der Waals surface area contributed by atoms with Crippen LogP contribution in [0.1, 0.15) is 17.2 Å². The molecule has 0 atom stereocenters. The molecule has 3 heteroatoms. The number of hydrogen-bond acceptors (Lipinski definition) is 3. The van der Waals surface area contributed by atoms with E-state index in [1.165, 1.54) is 0 Å². The predicted octanol–water partition coefficient (Wildman–Crippen LogP) is 2.31. The number of esters is 1. The number of aliphatic hydroxyl groups is 1. The number of benzene rings is 2. The van der Waals surface area contributed by atoms with Crippen LogP contribution >= 0.6 is 0 Å². The van der Waals surface area contributed by atoms with Crippen LogP contribution in [-0.4, -0.2) is 17.7 Å². The molecule has 18 heavy (non-hydrogen) atoms. The molecule has 0 saturated carbocycles. The number of hydrogen-bond donors (Lipinski definition) is 1. The van der Waals surface area contributed by atoms with Crippen LogP contribution in [0.5, 0.6) is 0 Å². The quantitative estimate of drug-likeness (QED) is 0.837. The van der Waals surface area contributed by atoms with Gasteiger partial charge in [-0.05, 0) is 11.1 Å². The summed E-state index contributed by atoms with van der Waals surface area (Å²) in [5.74, 6) is -0.632. The maximum Gasteiger partial charge on any atom is 0.332 e. The number of rotatable bonds is 4. The molecule has 2 rings (SSSR count). The molecule has 2 aromatic rings. The van der Waals surface area contributed by atoms with E-state index in [1.54, 1.807) is 0 Å². The summed E-state index contributed by atoms with van der Waals surface area (Å²) in [4.78, 5) is 11.3. The summed E-state index contributed by atoms with van der Waals surface area (Å²) in [7, 11) is 0. The van der Waals surface area contributed by atoms with E-state index in [1.807, 2.05) is 60.7 Å². The van der Waals surface area contributed by atoms with Gasteiger partial charge in [-0.15, -0.1) is 0 Å². The minimum absolute atomic E-state index is 0.480. The summed E-state index contributed by atoms with van der Waals surface area (Å²) >= 11 is 0. The molecule has 0 aliphatic heterocycles. The lowest BCUT2D eigenvalue weighted by Gasteiger charge is -2.18. The summed E-state index contributed by atoms with van der Waals surface area (Å²) in [5, 5.41) is 8.80. The third-order valence-electron chi connectivity index (χ3n) is 2.58. The molecule has 0 radical (unpaired) electrons. The molecule has 0 saturated heterocycles. The summed E-state index contributed by atoms with van der Waals surface area (Å²) < 4.78 is 5.28. The first-order chi connectivity index (χ1) is 8.81. The molecule has 0 amide bonds. The average Bonchev–Trinajstić information content (AvgIpc) is 2.46. The Morgan fingerprint density at radius 1 is 0.944 bits per heavy atom. The molecule has 2 aromatic carbocycles. The molecule has 0 aliphatic rings. The maximum atomic E-state index is 11.3. The molecule has 0 aromatic heterocycles. The zero-order valence-electron chi connectivity index (χ0n) is 9.82. The van der Waals surface area contributed by atoms with E-state index in [0.717, 1.165) is 11.1 Å². The predicted molar refractivity (Wildman–Crippen MR) is 67.9 cm³/mol. The highest BCUT2D eigenvalue weighted by molar-refractivity contribution is 5.71. The van der Waals surface area contributed by atoms with Crippen molar-refractivity contribution >= 4 is 5.97 Å². The van der Waals surface area contributed by atoms with Crippen molar-refractivity contribution in [3.05, 3.63) is 71.8 Å². The zero-order chi connectivity index (χ0) is 12.8. The molecule has 92 valence electrons. The smallest absolute Gasteiger partial charge is 0.332 e. The Kier molecular flexibility index (Phi) is 4.10. The first kappa shape index (κ1) is 12.3. The van der Waals surface area contributed by atoms with E-state index in [9.17, 15) is 4.79 Å². The van der Waals surface area contributed by atoms with E-state index in [0.29, 0.717) is 0 Å². The summed E-state index contributed by atoms with van der Waals surface area (Å²) in [6.45, 7) is -0.615. The SMILES string of the molecule is O=C(CO)OC(c1ccccc1)c1ccccc1. The summed E-state index contributed by atoms with van der Waals surface area (Å²) in [6, 6.07) is 18.9. The molecule has 0 bridgehead atoms. The minimum atomic E-state index is -0.632. The van der Waals surface area contributed by atoms with Gasteiger partial charge in [-0.2, -0.15) is 0 Å². The van der Waals surface area contributed by atoms with Gasteiger partial charge in [-0.25, -0.2) is 4.79 Å². The van der Waals surface area contributed by atoms with E-state index in [-0.39, 0.29) is 0 Å². The normalized spacial score (nSPS) is 10.3. The maximum absolute atomic E-state index is 11.3. The molecule has 0 fully saturated rings. The van der Waals surface area contributed by atoms with Crippen molar-refractivity contribution in [2.24, 2.45) is 0 Å².